The normalized spacial score (nSPS) is 16.6. The fourth-order valence-corrected chi connectivity index (χ4v) is 2.13. The first-order valence-corrected chi connectivity index (χ1v) is 5.23. The number of nitrogens with zero attached hydrogens (tertiary/aromatic N) is 3. The number of rotatable bonds is 0. The van der Waals surface area contributed by atoms with Crippen molar-refractivity contribution in [1.29, 1.82) is 0 Å². The summed E-state index contributed by atoms with van der Waals surface area (Å²) in [6.07, 6.45) is 5.21. The van der Waals surface area contributed by atoms with Crippen molar-refractivity contribution in [3.8, 4) is 5.69 Å². The Kier molecular flexibility index (Phi) is 1.99. The predicted octanol–water partition coefficient (Wildman–Crippen LogP) is 2.00. The lowest BCUT2D eigenvalue weighted by molar-refractivity contribution is 0.317. The van der Waals surface area contributed by atoms with Gasteiger partial charge in [0.05, 0.1) is 5.69 Å². The summed E-state index contributed by atoms with van der Waals surface area (Å²) in [5.74, 6) is 0.729. The minimum atomic E-state index is 0.640. The number of benzene rings is 1. The molecule has 4 heteroatoms. The molecule has 1 aliphatic heterocycles. The third kappa shape index (κ3) is 1.23. The van der Waals surface area contributed by atoms with Crippen molar-refractivity contribution in [1.82, 2.24) is 9.55 Å². The molecule has 0 saturated carbocycles. The monoisotopic (exact) mass is 213 g/mol. The van der Waals surface area contributed by atoms with Crippen LogP contribution in [0.25, 0.3) is 5.69 Å². The fourth-order valence-electron chi connectivity index (χ4n) is 2.13. The van der Waals surface area contributed by atoms with E-state index in [4.69, 9.17) is 5.21 Å². The van der Waals surface area contributed by atoms with Crippen LogP contribution in [0.2, 0.25) is 0 Å². The van der Waals surface area contributed by atoms with E-state index in [1.165, 1.54) is 5.56 Å². The van der Waals surface area contributed by atoms with Crippen LogP contribution >= 0.6 is 0 Å². The number of fused-ring (bicyclic) bond motifs is 3. The molecule has 0 fully saturated rings. The summed E-state index contributed by atoms with van der Waals surface area (Å²) < 4.78 is 1.97. The maximum atomic E-state index is 8.99. The number of oxime groups is 1. The van der Waals surface area contributed by atoms with Crippen molar-refractivity contribution in [2.45, 2.75) is 12.8 Å². The first-order valence-electron chi connectivity index (χ1n) is 5.23. The van der Waals surface area contributed by atoms with Gasteiger partial charge in [0.2, 0.25) is 0 Å². The van der Waals surface area contributed by atoms with Crippen molar-refractivity contribution >= 4 is 5.71 Å². The quantitative estimate of drug-likeness (QED) is 0.537. The minimum Gasteiger partial charge on any atom is -0.411 e. The lowest BCUT2D eigenvalue weighted by Gasteiger charge is -2.07. The van der Waals surface area contributed by atoms with Crippen LogP contribution in [0.1, 0.15) is 17.8 Å². The highest BCUT2D eigenvalue weighted by molar-refractivity contribution is 5.98. The van der Waals surface area contributed by atoms with Crippen LogP contribution in [0.15, 0.2) is 41.8 Å². The summed E-state index contributed by atoms with van der Waals surface area (Å²) in [6, 6.07) is 8.18. The van der Waals surface area contributed by atoms with E-state index >= 15 is 0 Å². The van der Waals surface area contributed by atoms with Crippen LogP contribution in [0.5, 0.6) is 0 Å². The highest BCUT2D eigenvalue weighted by atomic mass is 16.4. The predicted molar refractivity (Wildman–Crippen MR) is 60.2 cm³/mol. The Morgan fingerprint density at radius 1 is 1.25 bits per heavy atom. The summed E-state index contributed by atoms with van der Waals surface area (Å²) >= 11 is 0. The molecule has 2 aromatic rings. The summed E-state index contributed by atoms with van der Waals surface area (Å²) in [7, 11) is 0. The van der Waals surface area contributed by atoms with Crippen molar-refractivity contribution in [3.63, 3.8) is 0 Å². The Hall–Kier alpha value is -2.10. The largest absolute Gasteiger partial charge is 0.411 e. The molecular formula is C12H11N3O. The van der Waals surface area contributed by atoms with E-state index in [1.54, 1.807) is 6.20 Å². The van der Waals surface area contributed by atoms with E-state index in [-0.39, 0.29) is 0 Å². The second kappa shape index (κ2) is 3.48. The number of hydrogen-bond donors (Lipinski definition) is 1. The zero-order chi connectivity index (χ0) is 11.0. The molecule has 0 bridgehead atoms. The molecule has 4 nitrogen and oxygen atoms in total. The number of aromatic nitrogens is 2. The topological polar surface area (TPSA) is 50.4 Å². The summed E-state index contributed by atoms with van der Waals surface area (Å²) in [5.41, 5.74) is 3.01. The maximum Gasteiger partial charge on any atom is 0.162 e. The van der Waals surface area contributed by atoms with Gasteiger partial charge in [-0.3, -0.25) is 4.57 Å². The zero-order valence-corrected chi connectivity index (χ0v) is 8.67. The Morgan fingerprint density at radius 2 is 2.12 bits per heavy atom. The summed E-state index contributed by atoms with van der Waals surface area (Å²) in [5, 5.41) is 12.3. The van der Waals surface area contributed by atoms with Crippen LogP contribution in [-0.2, 0) is 6.42 Å². The molecule has 0 amide bonds. The van der Waals surface area contributed by atoms with Crippen molar-refractivity contribution < 1.29 is 5.21 Å². The fraction of sp³-hybridized carbons (Fsp3) is 0.167. The van der Waals surface area contributed by atoms with Crippen molar-refractivity contribution in [3.05, 3.63) is 48.0 Å². The molecule has 3 rings (SSSR count). The average molecular weight is 213 g/mol. The van der Waals surface area contributed by atoms with E-state index in [1.807, 2.05) is 22.9 Å². The van der Waals surface area contributed by atoms with E-state index in [0.29, 0.717) is 12.1 Å². The number of imidazole rings is 1. The smallest absolute Gasteiger partial charge is 0.162 e. The number of aryl methyl sites for hydroxylation is 1. The van der Waals surface area contributed by atoms with Gasteiger partial charge in [-0.25, -0.2) is 4.98 Å². The Bertz CT molecular complexity index is 557. The molecule has 0 spiro atoms. The van der Waals surface area contributed by atoms with E-state index in [0.717, 1.165) is 17.9 Å². The lowest BCUT2D eigenvalue weighted by atomic mass is 10.1. The molecule has 0 unspecified atom stereocenters. The molecule has 1 aromatic carbocycles. The van der Waals surface area contributed by atoms with Crippen LogP contribution in [-0.4, -0.2) is 20.5 Å². The number of hydrogen-bond acceptors (Lipinski definition) is 3. The van der Waals surface area contributed by atoms with Crippen LogP contribution in [0, 0.1) is 0 Å². The van der Waals surface area contributed by atoms with Gasteiger partial charge in [-0.05, 0) is 18.1 Å². The summed E-state index contributed by atoms with van der Waals surface area (Å²) in [6.45, 7) is 0. The molecule has 0 atom stereocenters. The highest BCUT2D eigenvalue weighted by Crippen LogP contribution is 2.23. The SMILES string of the molecule is O/N=C1\CCc2ccccc2-n2ccnc21. The van der Waals surface area contributed by atoms with Crippen LogP contribution in [0.4, 0.5) is 0 Å². The first kappa shape index (κ1) is 9.15. The van der Waals surface area contributed by atoms with Gasteiger partial charge in [-0.2, -0.15) is 0 Å². The van der Waals surface area contributed by atoms with Gasteiger partial charge < -0.3 is 5.21 Å². The molecule has 2 heterocycles. The highest BCUT2D eigenvalue weighted by Gasteiger charge is 2.18. The van der Waals surface area contributed by atoms with Gasteiger partial charge in [0.25, 0.3) is 0 Å². The van der Waals surface area contributed by atoms with Gasteiger partial charge >= 0.3 is 0 Å². The van der Waals surface area contributed by atoms with Gasteiger partial charge in [-0.1, -0.05) is 23.4 Å². The molecule has 1 aromatic heterocycles. The molecule has 80 valence electrons. The molecule has 1 N–H and O–H groups in total. The van der Waals surface area contributed by atoms with Crippen LogP contribution in [0.3, 0.4) is 0 Å². The Balaban J connectivity index is 2.28. The molecule has 0 radical (unpaired) electrons. The third-order valence-corrected chi connectivity index (χ3v) is 2.90. The molecule has 0 aliphatic carbocycles. The van der Waals surface area contributed by atoms with Gasteiger partial charge in [0.1, 0.15) is 5.71 Å². The van der Waals surface area contributed by atoms with E-state index in [9.17, 15) is 0 Å². The second-order valence-corrected chi connectivity index (χ2v) is 3.80. The standard InChI is InChI=1S/C12H11N3O/c16-14-10-6-5-9-3-1-2-4-11(9)15-8-7-13-12(10)15/h1-4,7-8,16H,5-6H2/b14-10+. The Labute approximate surface area is 92.9 Å². The van der Waals surface area contributed by atoms with Crippen molar-refractivity contribution in [2.24, 2.45) is 5.16 Å². The lowest BCUT2D eigenvalue weighted by Crippen LogP contribution is -2.07. The van der Waals surface area contributed by atoms with Gasteiger partial charge in [0, 0.05) is 18.8 Å². The molecular weight excluding hydrogens is 202 g/mol. The Morgan fingerprint density at radius 3 is 3.00 bits per heavy atom. The van der Waals surface area contributed by atoms with Crippen molar-refractivity contribution in [2.75, 3.05) is 0 Å². The van der Waals surface area contributed by atoms with E-state index < -0.39 is 0 Å². The van der Waals surface area contributed by atoms with E-state index in [2.05, 4.69) is 22.3 Å². The van der Waals surface area contributed by atoms with Gasteiger partial charge in [0.15, 0.2) is 5.82 Å². The maximum absolute atomic E-state index is 8.99. The molecule has 1 aliphatic rings. The van der Waals surface area contributed by atoms with Gasteiger partial charge in [-0.15, -0.1) is 0 Å². The second-order valence-electron chi connectivity index (χ2n) is 3.80. The minimum absolute atomic E-state index is 0.640. The average Bonchev–Trinajstić information content (AvgIpc) is 2.74. The van der Waals surface area contributed by atoms with Crippen LogP contribution < -0.4 is 0 Å². The zero-order valence-electron chi connectivity index (χ0n) is 8.67. The molecule has 0 saturated heterocycles. The first-order chi connectivity index (χ1) is 7.90. The summed E-state index contributed by atoms with van der Waals surface area (Å²) in [4.78, 5) is 4.24. The number of para-hydroxylation sites is 1. The molecule has 16 heavy (non-hydrogen) atoms. The third-order valence-electron chi connectivity index (χ3n) is 2.90.